The number of nitrogens with zero attached hydrogens (tertiary/aromatic N) is 6. The Morgan fingerprint density at radius 3 is 2.52 bits per heavy atom. The number of hydrogen-bond acceptors (Lipinski definition) is 6. The summed E-state index contributed by atoms with van der Waals surface area (Å²) in [5, 5.41) is 8.36. The van der Waals surface area contributed by atoms with Crippen molar-refractivity contribution in [3.63, 3.8) is 0 Å². The van der Waals surface area contributed by atoms with Crippen LogP contribution in [0.1, 0.15) is 42.9 Å². The van der Waals surface area contributed by atoms with Gasteiger partial charge in [-0.1, -0.05) is 19.0 Å². The second-order valence-corrected chi connectivity index (χ2v) is 6.94. The molecule has 0 atom stereocenters. The molecule has 136 valence electrons. The molecule has 25 heavy (non-hydrogen) atoms. The Morgan fingerprint density at radius 1 is 1.24 bits per heavy atom. The number of carbonyl (C=O) groups is 1. The molecule has 3 heterocycles. The quantitative estimate of drug-likeness (QED) is 0.813. The number of carbonyl (C=O) groups excluding carboxylic acids is 1. The highest BCUT2D eigenvalue weighted by atomic mass is 16.5. The lowest BCUT2D eigenvalue weighted by Gasteiger charge is -2.34. The Morgan fingerprint density at radius 2 is 1.96 bits per heavy atom. The van der Waals surface area contributed by atoms with E-state index in [1.165, 1.54) is 0 Å². The van der Waals surface area contributed by atoms with Crippen LogP contribution < -0.4 is 0 Å². The summed E-state index contributed by atoms with van der Waals surface area (Å²) in [7, 11) is 0. The van der Waals surface area contributed by atoms with Gasteiger partial charge in [0.15, 0.2) is 5.82 Å². The van der Waals surface area contributed by atoms with Gasteiger partial charge in [-0.05, 0) is 19.9 Å². The molecule has 2 aromatic heterocycles. The largest absolute Gasteiger partial charge is 0.339 e. The van der Waals surface area contributed by atoms with Gasteiger partial charge in [-0.2, -0.15) is 10.1 Å². The second-order valence-electron chi connectivity index (χ2n) is 6.94. The van der Waals surface area contributed by atoms with Gasteiger partial charge >= 0.3 is 0 Å². The first-order chi connectivity index (χ1) is 11.9. The van der Waals surface area contributed by atoms with Crippen LogP contribution in [0.4, 0.5) is 0 Å². The second kappa shape index (κ2) is 7.35. The zero-order chi connectivity index (χ0) is 18.0. The number of hydrogen-bond donors (Lipinski definition) is 0. The lowest BCUT2D eigenvalue weighted by molar-refractivity contribution is -0.133. The number of rotatable bonds is 5. The third-order valence-corrected chi connectivity index (χ3v) is 4.47. The minimum absolute atomic E-state index is 0.116. The molecule has 8 nitrogen and oxygen atoms in total. The van der Waals surface area contributed by atoms with Crippen LogP contribution in [0.5, 0.6) is 0 Å². The van der Waals surface area contributed by atoms with Crippen LogP contribution in [0.25, 0.3) is 0 Å². The van der Waals surface area contributed by atoms with Gasteiger partial charge in [0.25, 0.3) is 0 Å². The van der Waals surface area contributed by atoms with Crippen LogP contribution >= 0.6 is 0 Å². The fourth-order valence-electron chi connectivity index (χ4n) is 2.98. The monoisotopic (exact) mass is 346 g/mol. The minimum Gasteiger partial charge on any atom is -0.339 e. The molecule has 0 radical (unpaired) electrons. The Balaban J connectivity index is 1.49. The molecule has 0 aromatic carbocycles. The van der Waals surface area contributed by atoms with Gasteiger partial charge in [-0.25, -0.2) is 0 Å². The van der Waals surface area contributed by atoms with Crippen molar-refractivity contribution >= 4 is 5.91 Å². The number of amides is 1. The van der Waals surface area contributed by atoms with Crippen molar-refractivity contribution in [1.82, 2.24) is 29.7 Å². The summed E-state index contributed by atoms with van der Waals surface area (Å²) in [5.41, 5.74) is 1.96. The van der Waals surface area contributed by atoms with Gasteiger partial charge in [-0.3, -0.25) is 14.4 Å². The van der Waals surface area contributed by atoms with Crippen molar-refractivity contribution in [1.29, 1.82) is 0 Å². The Bertz CT molecular complexity index is 727. The number of aromatic nitrogens is 4. The van der Waals surface area contributed by atoms with Crippen molar-refractivity contribution in [2.75, 3.05) is 26.2 Å². The van der Waals surface area contributed by atoms with Crippen LogP contribution in [-0.4, -0.2) is 61.8 Å². The predicted octanol–water partition coefficient (Wildman–Crippen LogP) is 1.35. The lowest BCUT2D eigenvalue weighted by atomic mass is 10.2. The normalized spacial score (nSPS) is 16.0. The van der Waals surface area contributed by atoms with E-state index >= 15 is 0 Å². The number of aryl methyl sites for hydroxylation is 2. The fraction of sp³-hybridized carbons (Fsp3) is 0.647. The molecule has 8 heteroatoms. The molecule has 1 saturated heterocycles. The molecule has 2 aromatic rings. The highest BCUT2D eigenvalue weighted by molar-refractivity contribution is 5.76. The highest BCUT2D eigenvalue weighted by Crippen LogP contribution is 2.12. The molecular formula is C17H26N6O2. The standard InChI is InChI=1S/C17H26N6O2/c1-12(2)17-18-15(25-20-17)10-21-5-7-22(8-6-21)16(24)11-23-14(4)9-13(3)19-23/h9,12H,5-8,10-11H2,1-4H3. The summed E-state index contributed by atoms with van der Waals surface area (Å²) >= 11 is 0. The molecule has 0 N–H and O–H groups in total. The molecule has 0 unspecified atom stereocenters. The zero-order valence-electron chi connectivity index (χ0n) is 15.4. The molecule has 1 aliphatic heterocycles. The van der Waals surface area contributed by atoms with E-state index in [0.717, 1.165) is 30.3 Å². The van der Waals surface area contributed by atoms with Gasteiger partial charge < -0.3 is 9.42 Å². The van der Waals surface area contributed by atoms with E-state index in [1.54, 1.807) is 4.68 Å². The smallest absolute Gasteiger partial charge is 0.244 e. The van der Waals surface area contributed by atoms with E-state index < -0.39 is 0 Å². The summed E-state index contributed by atoms with van der Waals surface area (Å²) in [5.74, 6) is 1.77. The van der Waals surface area contributed by atoms with E-state index in [9.17, 15) is 4.79 Å². The average molecular weight is 346 g/mol. The van der Waals surface area contributed by atoms with Crippen LogP contribution in [-0.2, 0) is 17.9 Å². The molecule has 1 amide bonds. The van der Waals surface area contributed by atoms with E-state index in [1.807, 2.05) is 38.7 Å². The molecule has 0 spiro atoms. The maximum Gasteiger partial charge on any atom is 0.244 e. The van der Waals surface area contributed by atoms with E-state index in [0.29, 0.717) is 32.1 Å². The topological polar surface area (TPSA) is 80.3 Å². The van der Waals surface area contributed by atoms with Gasteiger partial charge in [0, 0.05) is 37.8 Å². The van der Waals surface area contributed by atoms with Crippen LogP contribution in [0.15, 0.2) is 10.6 Å². The maximum atomic E-state index is 12.5. The van der Waals surface area contributed by atoms with Gasteiger partial charge in [0.1, 0.15) is 6.54 Å². The van der Waals surface area contributed by atoms with Crippen molar-refractivity contribution in [3.8, 4) is 0 Å². The van der Waals surface area contributed by atoms with Gasteiger partial charge in [-0.15, -0.1) is 0 Å². The van der Waals surface area contributed by atoms with E-state index in [4.69, 9.17) is 4.52 Å². The third kappa shape index (κ3) is 4.25. The fourth-order valence-corrected chi connectivity index (χ4v) is 2.98. The van der Waals surface area contributed by atoms with E-state index in [-0.39, 0.29) is 11.8 Å². The first kappa shape index (κ1) is 17.6. The summed E-state index contributed by atoms with van der Waals surface area (Å²) in [6, 6.07) is 1.99. The highest BCUT2D eigenvalue weighted by Gasteiger charge is 2.23. The average Bonchev–Trinajstić information content (AvgIpc) is 3.15. The Labute approximate surface area is 147 Å². The van der Waals surface area contributed by atoms with Gasteiger partial charge in [0.05, 0.1) is 12.2 Å². The van der Waals surface area contributed by atoms with Crippen LogP contribution in [0.2, 0.25) is 0 Å². The zero-order valence-corrected chi connectivity index (χ0v) is 15.4. The Hall–Kier alpha value is -2.22. The molecule has 1 aliphatic rings. The van der Waals surface area contributed by atoms with Crippen LogP contribution in [0.3, 0.4) is 0 Å². The molecule has 1 fully saturated rings. The third-order valence-electron chi connectivity index (χ3n) is 4.47. The molecule has 3 rings (SSSR count). The van der Waals surface area contributed by atoms with Crippen LogP contribution in [0, 0.1) is 13.8 Å². The summed E-state index contributed by atoms with van der Waals surface area (Å²) in [6.07, 6.45) is 0. The van der Waals surface area contributed by atoms with Crippen molar-refractivity contribution in [2.24, 2.45) is 0 Å². The SMILES string of the molecule is Cc1cc(C)n(CC(=O)N2CCN(Cc3nc(C(C)C)no3)CC2)n1. The molecule has 0 saturated carbocycles. The van der Waals surface area contributed by atoms with Crippen molar-refractivity contribution in [2.45, 2.75) is 46.7 Å². The summed E-state index contributed by atoms with van der Waals surface area (Å²) < 4.78 is 7.08. The molecular weight excluding hydrogens is 320 g/mol. The lowest BCUT2D eigenvalue weighted by Crippen LogP contribution is -2.49. The summed E-state index contributed by atoms with van der Waals surface area (Å²) in [4.78, 5) is 21.0. The van der Waals surface area contributed by atoms with E-state index in [2.05, 4.69) is 20.1 Å². The number of piperazine rings is 1. The molecule has 0 bridgehead atoms. The van der Waals surface area contributed by atoms with Crippen molar-refractivity contribution in [3.05, 3.63) is 29.2 Å². The van der Waals surface area contributed by atoms with Crippen molar-refractivity contribution < 1.29 is 9.32 Å². The minimum atomic E-state index is 0.116. The first-order valence-electron chi connectivity index (χ1n) is 8.76. The first-order valence-corrected chi connectivity index (χ1v) is 8.76. The maximum absolute atomic E-state index is 12.5. The Kier molecular flexibility index (Phi) is 5.17. The van der Waals surface area contributed by atoms with Gasteiger partial charge in [0.2, 0.25) is 11.8 Å². The predicted molar refractivity (Wildman–Crippen MR) is 91.9 cm³/mol. The molecule has 0 aliphatic carbocycles. The summed E-state index contributed by atoms with van der Waals surface area (Å²) in [6.45, 7) is 12.0.